The Kier molecular flexibility index (Phi) is 18.6. The molecule has 1 heterocycles. The van der Waals surface area contributed by atoms with Gasteiger partial charge in [-0.15, -0.1) is 0 Å². The SMILES string of the molecule is C=C(CC)N=C(NC(=O)CN(N)CCC)c1ccc(NC2CCN(C(C)=O)CC2)cc1OC.CC.CCC. The molecule has 216 valence electrons. The monoisotopic (exact) mass is 532 g/mol. The van der Waals surface area contributed by atoms with Crippen molar-refractivity contribution in [1.82, 2.24) is 15.2 Å². The van der Waals surface area contributed by atoms with Crippen LogP contribution in [0.2, 0.25) is 0 Å². The van der Waals surface area contributed by atoms with Crippen LogP contribution in [0.1, 0.15) is 86.1 Å². The number of carbonyl (C=O) groups excluding carboxylic acids is 2. The molecule has 0 aromatic heterocycles. The third-order valence-electron chi connectivity index (χ3n) is 5.56. The number of hydrogen-bond acceptors (Lipinski definition) is 7. The average molecular weight is 533 g/mol. The van der Waals surface area contributed by atoms with Crippen molar-refractivity contribution in [3.8, 4) is 5.75 Å². The Labute approximate surface area is 230 Å². The molecule has 0 bridgehead atoms. The summed E-state index contributed by atoms with van der Waals surface area (Å²) in [7, 11) is 1.59. The second-order valence-electron chi connectivity index (χ2n) is 8.95. The molecule has 0 unspecified atom stereocenters. The summed E-state index contributed by atoms with van der Waals surface area (Å²) in [6.07, 6.45) is 4.53. The number of hydrazine groups is 1. The maximum absolute atomic E-state index is 12.6. The lowest BCUT2D eigenvalue weighted by Crippen LogP contribution is -2.43. The first-order valence-electron chi connectivity index (χ1n) is 13.9. The van der Waals surface area contributed by atoms with Gasteiger partial charge in [-0.1, -0.05) is 54.5 Å². The van der Waals surface area contributed by atoms with Crippen molar-refractivity contribution in [3.63, 3.8) is 0 Å². The van der Waals surface area contributed by atoms with Crippen LogP contribution in [0, 0.1) is 0 Å². The van der Waals surface area contributed by atoms with E-state index in [9.17, 15) is 9.59 Å². The topological polar surface area (TPSA) is 112 Å². The Hall–Kier alpha value is -2.91. The predicted molar refractivity (Wildman–Crippen MR) is 159 cm³/mol. The molecular formula is C29H52N6O3. The van der Waals surface area contributed by atoms with E-state index in [0.717, 1.165) is 38.0 Å². The molecule has 1 aliphatic rings. The highest BCUT2D eigenvalue weighted by atomic mass is 16.5. The third-order valence-corrected chi connectivity index (χ3v) is 5.56. The number of ether oxygens (including phenoxy) is 1. The van der Waals surface area contributed by atoms with Gasteiger partial charge in [-0.2, -0.15) is 0 Å². The number of anilines is 1. The minimum atomic E-state index is -0.255. The Balaban J connectivity index is 0.00000255. The normalized spacial score (nSPS) is 13.5. The number of amides is 2. The van der Waals surface area contributed by atoms with E-state index in [1.165, 1.54) is 11.4 Å². The highest BCUT2D eigenvalue weighted by Crippen LogP contribution is 2.26. The van der Waals surface area contributed by atoms with E-state index in [1.54, 1.807) is 14.0 Å². The average Bonchev–Trinajstić information content (AvgIpc) is 2.90. The molecule has 2 rings (SSSR count). The molecule has 0 aliphatic carbocycles. The molecule has 1 fully saturated rings. The van der Waals surface area contributed by atoms with Gasteiger partial charge in [-0.3, -0.25) is 15.4 Å². The number of carbonyl (C=O) groups is 2. The molecule has 1 aromatic rings. The summed E-state index contributed by atoms with van der Waals surface area (Å²) in [5.74, 6) is 6.71. The first-order valence-corrected chi connectivity index (χ1v) is 13.9. The van der Waals surface area contributed by atoms with Gasteiger partial charge in [-0.25, -0.2) is 10.0 Å². The minimum absolute atomic E-state index is 0.0619. The standard InChI is InChI=1S/C24H38N6O3.C3H8.C2H6/c1-6-12-30(25)16-23(32)28-24(26-17(3)7-2)21-9-8-20(15-22(21)33-5)27-19-10-13-29(14-11-19)18(4)31;1-3-2;1-2/h8-9,15,19,27H,3,6-7,10-14,16,25H2,1-2,4-5H3,(H,26,28,32);3H2,1-2H3;1-2H3. The van der Waals surface area contributed by atoms with Gasteiger partial charge in [0.25, 0.3) is 0 Å². The Morgan fingerprint density at radius 1 is 1.18 bits per heavy atom. The maximum Gasteiger partial charge on any atom is 0.241 e. The zero-order chi connectivity index (χ0) is 29.1. The maximum atomic E-state index is 12.6. The highest BCUT2D eigenvalue weighted by Gasteiger charge is 2.21. The molecule has 9 heteroatoms. The zero-order valence-corrected chi connectivity index (χ0v) is 25.0. The van der Waals surface area contributed by atoms with Gasteiger partial charge in [0, 0.05) is 50.1 Å². The van der Waals surface area contributed by atoms with E-state index in [2.05, 4.69) is 36.1 Å². The lowest BCUT2D eigenvalue weighted by atomic mass is 10.0. The number of nitrogens with one attached hydrogen (secondary N) is 2. The Morgan fingerprint density at radius 3 is 2.29 bits per heavy atom. The van der Waals surface area contributed by atoms with Crippen LogP contribution in [0.4, 0.5) is 5.69 Å². The number of methoxy groups -OCH3 is 1. The van der Waals surface area contributed by atoms with Gasteiger partial charge in [0.05, 0.1) is 19.2 Å². The fourth-order valence-corrected chi connectivity index (χ4v) is 3.67. The molecule has 2 amide bonds. The van der Waals surface area contributed by atoms with Crippen molar-refractivity contribution in [1.29, 1.82) is 0 Å². The largest absolute Gasteiger partial charge is 0.496 e. The van der Waals surface area contributed by atoms with E-state index in [-0.39, 0.29) is 24.4 Å². The molecular weight excluding hydrogens is 480 g/mol. The summed E-state index contributed by atoms with van der Waals surface area (Å²) >= 11 is 0. The molecule has 0 spiro atoms. The number of amidine groups is 1. The van der Waals surface area contributed by atoms with Crippen molar-refractivity contribution in [2.75, 3.05) is 38.6 Å². The van der Waals surface area contributed by atoms with Gasteiger partial charge in [0.15, 0.2) is 0 Å². The van der Waals surface area contributed by atoms with Crippen LogP contribution in [-0.4, -0.2) is 66.9 Å². The van der Waals surface area contributed by atoms with Gasteiger partial charge in [0.1, 0.15) is 11.6 Å². The molecule has 1 aliphatic heterocycles. The summed E-state index contributed by atoms with van der Waals surface area (Å²) in [5, 5.41) is 7.87. The van der Waals surface area contributed by atoms with Crippen molar-refractivity contribution in [2.45, 2.75) is 86.6 Å². The number of nitrogens with zero attached hydrogens (tertiary/aromatic N) is 3. The van der Waals surface area contributed by atoms with Crippen LogP contribution in [-0.2, 0) is 9.59 Å². The number of piperidine rings is 1. The molecule has 0 atom stereocenters. The van der Waals surface area contributed by atoms with Crippen molar-refractivity contribution in [3.05, 3.63) is 36.0 Å². The molecule has 1 saturated heterocycles. The van der Waals surface area contributed by atoms with Gasteiger partial charge in [-0.05, 0) is 37.8 Å². The number of allylic oxidation sites excluding steroid dienone is 1. The van der Waals surface area contributed by atoms with Crippen LogP contribution in [0.25, 0.3) is 0 Å². The molecule has 0 saturated carbocycles. The quantitative estimate of drug-likeness (QED) is 0.170. The number of hydrogen-bond donors (Lipinski definition) is 3. The Morgan fingerprint density at radius 2 is 1.79 bits per heavy atom. The smallest absolute Gasteiger partial charge is 0.241 e. The van der Waals surface area contributed by atoms with Crippen LogP contribution in [0.15, 0.2) is 35.5 Å². The van der Waals surface area contributed by atoms with Crippen molar-refractivity contribution < 1.29 is 14.3 Å². The van der Waals surface area contributed by atoms with E-state index < -0.39 is 0 Å². The molecule has 0 radical (unpaired) electrons. The second kappa shape index (κ2) is 20.1. The third kappa shape index (κ3) is 13.1. The molecule has 4 N–H and O–H groups in total. The van der Waals surface area contributed by atoms with E-state index in [0.29, 0.717) is 35.8 Å². The number of nitrogens with two attached hydrogens (primary N) is 1. The minimum Gasteiger partial charge on any atom is -0.496 e. The molecule has 1 aromatic carbocycles. The fraction of sp³-hybridized carbons (Fsp3) is 0.621. The van der Waals surface area contributed by atoms with Gasteiger partial charge >= 0.3 is 0 Å². The summed E-state index contributed by atoms with van der Waals surface area (Å²) in [6, 6.07) is 5.99. The zero-order valence-electron chi connectivity index (χ0n) is 25.0. The summed E-state index contributed by atoms with van der Waals surface area (Å²) in [5.41, 5.74) is 2.22. The lowest BCUT2D eigenvalue weighted by Gasteiger charge is -2.32. The lowest BCUT2D eigenvalue weighted by molar-refractivity contribution is -0.129. The van der Waals surface area contributed by atoms with Crippen molar-refractivity contribution >= 4 is 23.3 Å². The van der Waals surface area contributed by atoms with E-state index in [4.69, 9.17) is 10.6 Å². The number of likely N-dealkylation sites (tertiary alicyclic amines) is 1. The molecule has 9 nitrogen and oxygen atoms in total. The van der Waals surface area contributed by atoms with E-state index in [1.807, 2.05) is 50.8 Å². The Bertz CT molecular complexity index is 879. The van der Waals surface area contributed by atoms with Gasteiger partial charge < -0.3 is 20.3 Å². The first kappa shape index (κ1) is 35.1. The number of benzene rings is 1. The van der Waals surface area contributed by atoms with Crippen molar-refractivity contribution in [2.24, 2.45) is 10.8 Å². The molecule has 38 heavy (non-hydrogen) atoms. The fourth-order valence-electron chi connectivity index (χ4n) is 3.67. The van der Waals surface area contributed by atoms with Crippen LogP contribution in [0.3, 0.4) is 0 Å². The second-order valence-corrected chi connectivity index (χ2v) is 8.95. The van der Waals surface area contributed by atoms with Crippen LogP contribution >= 0.6 is 0 Å². The first-order chi connectivity index (χ1) is 18.2. The number of aliphatic imine (C=N–C) groups is 1. The van der Waals surface area contributed by atoms with Crippen LogP contribution < -0.4 is 21.2 Å². The summed E-state index contributed by atoms with van der Waals surface area (Å²) in [4.78, 5) is 30.5. The number of rotatable bonds is 10. The summed E-state index contributed by atoms with van der Waals surface area (Å²) in [6.45, 7) is 19.9. The van der Waals surface area contributed by atoms with Gasteiger partial charge in [0.2, 0.25) is 11.8 Å². The summed E-state index contributed by atoms with van der Waals surface area (Å²) < 4.78 is 5.63. The predicted octanol–water partition coefficient (Wildman–Crippen LogP) is 4.93. The van der Waals surface area contributed by atoms with E-state index >= 15 is 0 Å². The van der Waals surface area contributed by atoms with Crippen LogP contribution in [0.5, 0.6) is 5.75 Å². The highest BCUT2D eigenvalue weighted by molar-refractivity contribution is 6.10.